The normalized spacial score (nSPS) is 13.6. The smallest absolute Gasteiger partial charge is 0.0534 e. The van der Waals surface area contributed by atoms with E-state index in [9.17, 15) is 0 Å². The fourth-order valence-corrected chi connectivity index (χ4v) is 2.35. The quantitative estimate of drug-likeness (QED) is 0.582. The number of nitrogens with two attached hydrogens (primary N) is 1. The third kappa shape index (κ3) is 5.10. The molecule has 112 valence electrons. The van der Waals surface area contributed by atoms with Crippen molar-refractivity contribution in [1.29, 1.82) is 0 Å². The van der Waals surface area contributed by atoms with Gasteiger partial charge in [-0.15, -0.1) is 0 Å². The van der Waals surface area contributed by atoms with Gasteiger partial charge in [-0.25, -0.2) is 5.43 Å². The molecule has 0 spiro atoms. The average molecular weight is 325 g/mol. The largest absolute Gasteiger partial charge is 0.324 e. The maximum Gasteiger partial charge on any atom is 0.0534 e. The molecule has 1 saturated heterocycles. The van der Waals surface area contributed by atoms with Gasteiger partial charge < -0.3 is 10.4 Å². The fourth-order valence-electron chi connectivity index (χ4n) is 1.97. The van der Waals surface area contributed by atoms with Crippen LogP contribution in [0, 0.1) is 0 Å². The molecule has 0 saturated carbocycles. The zero-order valence-corrected chi connectivity index (χ0v) is 13.0. The summed E-state index contributed by atoms with van der Waals surface area (Å²) in [4.78, 5) is 0. The van der Waals surface area contributed by atoms with Crippen LogP contribution < -0.4 is 21.7 Å². The molecule has 0 bridgehead atoms. The average Bonchev–Trinajstić information content (AvgIpc) is 3.02. The fraction of sp³-hybridized carbons (Fsp3) is 0.200. The van der Waals surface area contributed by atoms with Crippen LogP contribution in [-0.4, -0.2) is 13.1 Å². The lowest BCUT2D eigenvalue weighted by Crippen LogP contribution is -2.30. The van der Waals surface area contributed by atoms with E-state index in [2.05, 4.69) is 21.9 Å². The van der Waals surface area contributed by atoms with Crippen molar-refractivity contribution in [1.82, 2.24) is 5.43 Å². The molecule has 0 aromatic heterocycles. The highest BCUT2D eigenvalue weighted by Crippen LogP contribution is 2.19. The maximum atomic E-state index is 5.87. The first-order valence-corrected chi connectivity index (χ1v) is 7.43. The molecule has 0 aliphatic carbocycles. The van der Waals surface area contributed by atoms with E-state index in [4.69, 9.17) is 29.0 Å². The summed E-state index contributed by atoms with van der Waals surface area (Å²) in [5.74, 6) is 5.11. The summed E-state index contributed by atoms with van der Waals surface area (Å²) in [6.45, 7) is 2.13. The Morgan fingerprint density at radius 3 is 2.29 bits per heavy atom. The molecule has 4 nitrogen and oxygen atoms in total. The van der Waals surface area contributed by atoms with Crippen LogP contribution in [0.3, 0.4) is 0 Å². The third-order valence-electron chi connectivity index (χ3n) is 2.97. The predicted molar refractivity (Wildman–Crippen MR) is 90.7 cm³/mol. The summed E-state index contributed by atoms with van der Waals surface area (Å²) < 4.78 is 0. The van der Waals surface area contributed by atoms with Crippen LogP contribution >= 0.6 is 23.2 Å². The van der Waals surface area contributed by atoms with Crippen LogP contribution in [0.25, 0.3) is 0 Å². The number of benzene rings is 2. The van der Waals surface area contributed by atoms with Gasteiger partial charge in [0.15, 0.2) is 0 Å². The lowest BCUT2D eigenvalue weighted by atomic mass is 10.3. The summed E-state index contributed by atoms with van der Waals surface area (Å²) in [7, 11) is 0. The highest BCUT2D eigenvalue weighted by molar-refractivity contribution is 6.31. The highest BCUT2D eigenvalue weighted by atomic mass is 35.5. The lowest BCUT2D eigenvalue weighted by molar-refractivity contribution is 0.787. The lowest BCUT2D eigenvalue weighted by Gasteiger charge is -2.17. The second-order valence-corrected chi connectivity index (χ2v) is 5.42. The monoisotopic (exact) mass is 324 g/mol. The van der Waals surface area contributed by atoms with Crippen molar-refractivity contribution in [3.63, 3.8) is 0 Å². The van der Waals surface area contributed by atoms with Crippen molar-refractivity contribution in [2.75, 3.05) is 23.5 Å². The molecule has 1 aliphatic rings. The Morgan fingerprint density at radius 1 is 1.05 bits per heavy atom. The standard InChI is InChI=1S/C9H11ClN2.C6H7ClN2/c10-8-3-1-4-9(7-8)12-6-2-5-11-12;7-5-2-1-3-6(4-5)9-8/h1,3-4,7,11H,2,5-6H2;1-4,9H,8H2. The molecule has 0 atom stereocenters. The minimum atomic E-state index is 0.686. The van der Waals surface area contributed by atoms with E-state index in [0.717, 1.165) is 29.5 Å². The third-order valence-corrected chi connectivity index (χ3v) is 3.44. The van der Waals surface area contributed by atoms with Crippen LogP contribution in [0.4, 0.5) is 11.4 Å². The topological polar surface area (TPSA) is 53.3 Å². The molecule has 6 heteroatoms. The molecular weight excluding hydrogens is 307 g/mol. The summed E-state index contributed by atoms with van der Waals surface area (Å²) in [6.07, 6.45) is 1.20. The van der Waals surface area contributed by atoms with Crippen molar-refractivity contribution in [3.8, 4) is 0 Å². The molecule has 3 rings (SSSR count). The first-order chi connectivity index (χ1) is 10.2. The van der Waals surface area contributed by atoms with Crippen molar-refractivity contribution in [2.45, 2.75) is 6.42 Å². The Labute approximate surface area is 134 Å². The summed E-state index contributed by atoms with van der Waals surface area (Å²) >= 11 is 11.5. The number of halogens is 2. The van der Waals surface area contributed by atoms with Crippen LogP contribution in [0.15, 0.2) is 48.5 Å². The van der Waals surface area contributed by atoms with Gasteiger partial charge in [-0.05, 0) is 42.8 Å². The molecule has 2 aromatic rings. The minimum absolute atomic E-state index is 0.686. The number of anilines is 2. The van der Waals surface area contributed by atoms with Crippen LogP contribution in [-0.2, 0) is 0 Å². The molecule has 0 radical (unpaired) electrons. The van der Waals surface area contributed by atoms with E-state index in [-0.39, 0.29) is 0 Å². The van der Waals surface area contributed by atoms with E-state index in [1.807, 2.05) is 30.3 Å². The van der Waals surface area contributed by atoms with Crippen molar-refractivity contribution >= 4 is 34.6 Å². The van der Waals surface area contributed by atoms with Gasteiger partial charge >= 0.3 is 0 Å². The van der Waals surface area contributed by atoms with E-state index < -0.39 is 0 Å². The summed E-state index contributed by atoms with van der Waals surface area (Å²) in [5.41, 5.74) is 7.73. The van der Waals surface area contributed by atoms with Gasteiger partial charge in [0.05, 0.1) is 5.69 Å². The molecule has 0 amide bonds. The Bertz CT molecular complexity index is 571. The number of hydrogen-bond donors (Lipinski definition) is 3. The number of nitrogens with one attached hydrogen (secondary N) is 2. The van der Waals surface area contributed by atoms with Gasteiger partial charge in [0.1, 0.15) is 0 Å². The summed E-state index contributed by atoms with van der Waals surface area (Å²) in [6, 6.07) is 15.1. The number of nitrogen functional groups attached to an aromatic ring is 1. The van der Waals surface area contributed by atoms with E-state index in [0.29, 0.717) is 5.02 Å². The highest BCUT2D eigenvalue weighted by Gasteiger charge is 2.10. The molecule has 1 aliphatic heterocycles. The van der Waals surface area contributed by atoms with Gasteiger partial charge in [-0.3, -0.25) is 5.84 Å². The van der Waals surface area contributed by atoms with Gasteiger partial charge in [-0.2, -0.15) is 0 Å². The zero-order chi connectivity index (χ0) is 15.1. The maximum absolute atomic E-state index is 5.87. The molecule has 1 fully saturated rings. The van der Waals surface area contributed by atoms with Gasteiger partial charge in [0.2, 0.25) is 0 Å². The molecule has 21 heavy (non-hydrogen) atoms. The van der Waals surface area contributed by atoms with Crippen LogP contribution in [0.5, 0.6) is 0 Å². The minimum Gasteiger partial charge on any atom is -0.324 e. The molecular formula is C15H18Cl2N4. The van der Waals surface area contributed by atoms with Gasteiger partial charge in [-0.1, -0.05) is 35.3 Å². The Hall–Kier alpha value is -1.46. The molecule has 0 unspecified atom stereocenters. The number of hydrazine groups is 2. The second-order valence-electron chi connectivity index (χ2n) is 4.55. The number of hydrogen-bond acceptors (Lipinski definition) is 4. The molecule has 4 N–H and O–H groups in total. The molecule has 1 heterocycles. The summed E-state index contributed by atoms with van der Waals surface area (Å²) in [5, 5.41) is 3.61. The van der Waals surface area contributed by atoms with Crippen LogP contribution in [0.2, 0.25) is 10.0 Å². The van der Waals surface area contributed by atoms with Gasteiger partial charge in [0.25, 0.3) is 0 Å². The van der Waals surface area contributed by atoms with Crippen molar-refractivity contribution < 1.29 is 0 Å². The van der Waals surface area contributed by atoms with E-state index in [1.54, 1.807) is 12.1 Å². The number of nitrogens with zero attached hydrogens (tertiary/aromatic N) is 1. The van der Waals surface area contributed by atoms with E-state index in [1.165, 1.54) is 6.42 Å². The Kier molecular flexibility index (Phi) is 6.14. The van der Waals surface area contributed by atoms with Crippen LogP contribution in [0.1, 0.15) is 6.42 Å². The SMILES string of the molecule is Clc1cccc(N2CCCN2)c1.NNc1cccc(Cl)c1. The predicted octanol–water partition coefficient (Wildman–Crippen LogP) is 3.68. The zero-order valence-electron chi connectivity index (χ0n) is 11.5. The number of rotatable bonds is 2. The first kappa shape index (κ1) is 15.9. The van der Waals surface area contributed by atoms with Crippen molar-refractivity contribution in [2.24, 2.45) is 5.84 Å². The Balaban J connectivity index is 0.000000161. The van der Waals surface area contributed by atoms with Gasteiger partial charge in [0, 0.05) is 28.8 Å². The van der Waals surface area contributed by atoms with Crippen molar-refractivity contribution in [3.05, 3.63) is 58.6 Å². The molecule has 2 aromatic carbocycles. The van der Waals surface area contributed by atoms with E-state index >= 15 is 0 Å². The first-order valence-electron chi connectivity index (χ1n) is 6.68. The Morgan fingerprint density at radius 2 is 1.76 bits per heavy atom. The second kappa shape index (κ2) is 8.10.